The second-order valence-electron chi connectivity index (χ2n) is 5.44. The molecule has 120 valence electrons. The van der Waals surface area contributed by atoms with Gasteiger partial charge in [0.15, 0.2) is 5.82 Å². The lowest BCUT2D eigenvalue weighted by Gasteiger charge is -2.22. The molecule has 1 aromatic carbocycles. The first-order valence-electron chi connectivity index (χ1n) is 7.66. The summed E-state index contributed by atoms with van der Waals surface area (Å²) in [7, 11) is 0. The van der Waals surface area contributed by atoms with E-state index in [9.17, 15) is 5.26 Å². The average molecular weight is 353 g/mol. The molecule has 0 N–H and O–H groups in total. The first kappa shape index (κ1) is 15.4. The fraction of sp³-hybridized carbons (Fsp3) is 0.235. The van der Waals surface area contributed by atoms with E-state index < -0.39 is 0 Å². The van der Waals surface area contributed by atoms with Crippen molar-refractivity contribution in [1.82, 2.24) is 19.7 Å². The first-order chi connectivity index (χ1) is 11.7. The molecule has 0 radical (unpaired) electrons. The predicted molar refractivity (Wildman–Crippen MR) is 97.2 cm³/mol. The van der Waals surface area contributed by atoms with Crippen molar-refractivity contribution in [3.63, 3.8) is 0 Å². The van der Waals surface area contributed by atoms with Gasteiger partial charge in [0.05, 0.1) is 11.4 Å². The summed E-state index contributed by atoms with van der Waals surface area (Å²) in [5.41, 5.74) is 2.78. The van der Waals surface area contributed by atoms with E-state index in [-0.39, 0.29) is 0 Å². The Morgan fingerprint density at radius 1 is 1.33 bits per heavy atom. The highest BCUT2D eigenvalue weighted by Gasteiger charge is 2.28. The SMILES string of the molecule is CCN1C(C)=CSC1=C(C#N)c1nnc2n1-c1ccccc1SC2. The van der Waals surface area contributed by atoms with Gasteiger partial charge in [-0.05, 0) is 31.4 Å². The zero-order valence-corrected chi connectivity index (χ0v) is 15.0. The van der Waals surface area contributed by atoms with Gasteiger partial charge in [-0.15, -0.1) is 22.0 Å². The Labute approximate surface area is 149 Å². The van der Waals surface area contributed by atoms with Crippen molar-refractivity contribution in [3.05, 3.63) is 52.0 Å². The van der Waals surface area contributed by atoms with Crippen LogP contribution in [0.25, 0.3) is 11.3 Å². The molecule has 24 heavy (non-hydrogen) atoms. The van der Waals surface area contributed by atoms with Crippen molar-refractivity contribution in [2.45, 2.75) is 24.5 Å². The van der Waals surface area contributed by atoms with E-state index in [1.54, 1.807) is 23.5 Å². The van der Waals surface area contributed by atoms with Crippen LogP contribution in [0.1, 0.15) is 25.5 Å². The largest absolute Gasteiger partial charge is 0.339 e. The van der Waals surface area contributed by atoms with Crippen LogP contribution in [-0.4, -0.2) is 26.2 Å². The van der Waals surface area contributed by atoms with Crippen molar-refractivity contribution in [3.8, 4) is 11.8 Å². The number of hydrogen-bond donors (Lipinski definition) is 0. The van der Waals surface area contributed by atoms with Gasteiger partial charge in [-0.3, -0.25) is 4.57 Å². The third-order valence-corrected chi connectivity index (χ3v) is 6.24. The van der Waals surface area contributed by atoms with Crippen molar-refractivity contribution in [2.75, 3.05) is 6.54 Å². The van der Waals surface area contributed by atoms with Gasteiger partial charge < -0.3 is 4.90 Å². The first-order valence-corrected chi connectivity index (χ1v) is 9.53. The highest BCUT2D eigenvalue weighted by Crippen LogP contribution is 2.41. The van der Waals surface area contributed by atoms with Crippen molar-refractivity contribution >= 4 is 29.1 Å². The van der Waals surface area contributed by atoms with Crippen molar-refractivity contribution in [2.24, 2.45) is 0 Å². The molecule has 1 aromatic heterocycles. The molecule has 0 amide bonds. The number of nitrogens with zero attached hydrogens (tertiary/aromatic N) is 5. The number of thioether (sulfide) groups is 2. The monoisotopic (exact) mass is 353 g/mol. The summed E-state index contributed by atoms with van der Waals surface area (Å²) >= 11 is 3.33. The van der Waals surface area contributed by atoms with Crippen LogP contribution in [0.5, 0.6) is 0 Å². The third kappa shape index (κ3) is 2.26. The molecule has 2 aliphatic rings. The van der Waals surface area contributed by atoms with E-state index in [0.29, 0.717) is 11.4 Å². The van der Waals surface area contributed by atoms with Gasteiger partial charge in [-0.25, -0.2) is 0 Å². The van der Waals surface area contributed by atoms with Crippen molar-refractivity contribution in [1.29, 1.82) is 5.26 Å². The topological polar surface area (TPSA) is 57.7 Å². The van der Waals surface area contributed by atoms with Gasteiger partial charge in [-0.2, -0.15) is 5.26 Å². The van der Waals surface area contributed by atoms with Crippen LogP contribution in [-0.2, 0) is 5.75 Å². The van der Waals surface area contributed by atoms with Crippen LogP contribution < -0.4 is 0 Å². The van der Waals surface area contributed by atoms with Crippen LogP contribution in [0, 0.1) is 11.3 Å². The second kappa shape index (κ2) is 6.04. The number of aromatic nitrogens is 3. The van der Waals surface area contributed by atoms with Gasteiger partial charge in [0, 0.05) is 17.1 Å². The average Bonchev–Trinajstić information content (AvgIpc) is 3.20. The molecular formula is C17H15N5S2. The van der Waals surface area contributed by atoms with E-state index in [4.69, 9.17) is 0 Å². The molecule has 0 aliphatic carbocycles. The Morgan fingerprint density at radius 2 is 2.17 bits per heavy atom. The normalized spacial score (nSPS) is 17.9. The Kier molecular flexibility index (Phi) is 3.87. The predicted octanol–water partition coefficient (Wildman–Crippen LogP) is 4.00. The maximum Gasteiger partial charge on any atom is 0.182 e. The zero-order valence-electron chi connectivity index (χ0n) is 13.4. The molecule has 0 fully saturated rings. The van der Waals surface area contributed by atoms with Gasteiger partial charge >= 0.3 is 0 Å². The van der Waals surface area contributed by atoms with E-state index in [1.807, 2.05) is 16.7 Å². The number of fused-ring (bicyclic) bond motifs is 3. The van der Waals surface area contributed by atoms with Crippen LogP contribution in [0.15, 0.2) is 45.3 Å². The van der Waals surface area contributed by atoms with E-state index in [0.717, 1.165) is 34.5 Å². The summed E-state index contributed by atoms with van der Waals surface area (Å²) in [5, 5.41) is 21.6. The highest BCUT2D eigenvalue weighted by molar-refractivity contribution is 8.06. The Bertz CT molecular complexity index is 919. The zero-order chi connectivity index (χ0) is 16.7. The van der Waals surface area contributed by atoms with Crippen LogP contribution in [0.4, 0.5) is 0 Å². The lowest BCUT2D eigenvalue weighted by atomic mass is 10.2. The minimum absolute atomic E-state index is 0.579. The molecule has 2 aliphatic heterocycles. The smallest absolute Gasteiger partial charge is 0.182 e. The molecule has 0 saturated heterocycles. The number of rotatable bonds is 2. The van der Waals surface area contributed by atoms with Gasteiger partial charge in [-0.1, -0.05) is 23.9 Å². The molecular weight excluding hydrogens is 338 g/mol. The Balaban J connectivity index is 1.91. The molecule has 0 atom stereocenters. The van der Waals surface area contributed by atoms with Crippen molar-refractivity contribution < 1.29 is 0 Å². The summed E-state index contributed by atoms with van der Waals surface area (Å²) in [6, 6.07) is 10.6. The van der Waals surface area contributed by atoms with Crippen LogP contribution in [0.3, 0.4) is 0 Å². The molecule has 0 spiro atoms. The molecule has 4 rings (SSSR count). The van der Waals surface area contributed by atoms with E-state index in [2.05, 4.69) is 52.6 Å². The third-order valence-electron chi connectivity index (χ3n) is 4.07. The number of benzene rings is 1. The number of para-hydroxylation sites is 1. The molecule has 7 heteroatoms. The fourth-order valence-corrected chi connectivity index (χ4v) is 4.96. The Morgan fingerprint density at radius 3 is 2.96 bits per heavy atom. The van der Waals surface area contributed by atoms with E-state index in [1.165, 1.54) is 4.90 Å². The fourth-order valence-electron chi connectivity index (χ4n) is 2.94. The summed E-state index contributed by atoms with van der Waals surface area (Å²) in [4.78, 5) is 3.34. The summed E-state index contributed by atoms with van der Waals surface area (Å²) in [6.07, 6.45) is 0. The van der Waals surface area contributed by atoms with Crippen LogP contribution in [0.2, 0.25) is 0 Å². The standard InChI is InChI=1S/C17H15N5S2/c1-3-21-11(2)9-24-17(21)12(8-18)16-20-19-15-10-23-14-7-5-4-6-13(14)22(15)16/h4-7,9H,3,10H2,1-2H3. The van der Waals surface area contributed by atoms with Gasteiger partial charge in [0.1, 0.15) is 22.5 Å². The highest BCUT2D eigenvalue weighted by atomic mass is 32.2. The summed E-state index contributed by atoms with van der Waals surface area (Å²) in [5.74, 6) is 2.28. The van der Waals surface area contributed by atoms with Crippen LogP contribution >= 0.6 is 23.5 Å². The van der Waals surface area contributed by atoms with Gasteiger partial charge in [0.25, 0.3) is 0 Å². The lowest BCUT2D eigenvalue weighted by Crippen LogP contribution is -2.17. The molecule has 0 unspecified atom stereocenters. The quantitative estimate of drug-likeness (QED) is 0.761. The maximum absolute atomic E-state index is 9.85. The molecule has 0 bridgehead atoms. The Hall–Kier alpha value is -2.17. The number of hydrogen-bond acceptors (Lipinski definition) is 6. The summed E-state index contributed by atoms with van der Waals surface area (Å²) in [6.45, 7) is 4.97. The minimum Gasteiger partial charge on any atom is -0.339 e. The summed E-state index contributed by atoms with van der Waals surface area (Å²) < 4.78 is 2.03. The minimum atomic E-state index is 0.579. The number of nitriles is 1. The molecule has 2 aromatic rings. The second-order valence-corrected chi connectivity index (χ2v) is 7.32. The van der Waals surface area contributed by atoms with E-state index >= 15 is 0 Å². The maximum atomic E-state index is 9.85. The molecule has 0 saturated carbocycles. The number of allylic oxidation sites excluding steroid dienone is 2. The lowest BCUT2D eigenvalue weighted by molar-refractivity contribution is 0.491. The molecule has 3 heterocycles. The molecule has 5 nitrogen and oxygen atoms in total. The van der Waals surface area contributed by atoms with Gasteiger partial charge in [0.2, 0.25) is 0 Å².